The van der Waals surface area contributed by atoms with Crippen LogP contribution in [-0.2, 0) is 4.79 Å². The Kier molecular flexibility index (Phi) is 6.45. The van der Waals surface area contributed by atoms with E-state index in [2.05, 4.69) is 13.8 Å². The van der Waals surface area contributed by atoms with Crippen LogP contribution in [0.25, 0.3) is 0 Å². The average Bonchev–Trinajstić information content (AvgIpc) is 2.99. The van der Waals surface area contributed by atoms with Gasteiger partial charge in [0.05, 0.1) is 35.6 Å². The van der Waals surface area contributed by atoms with E-state index >= 15 is 0 Å². The summed E-state index contributed by atoms with van der Waals surface area (Å²) in [5.74, 6) is -1.32. The minimum absolute atomic E-state index is 0.137. The van der Waals surface area contributed by atoms with Crippen LogP contribution in [-0.4, -0.2) is 72.0 Å². The lowest BCUT2D eigenvalue weighted by molar-refractivity contribution is -0.196. The summed E-state index contributed by atoms with van der Waals surface area (Å²) in [4.78, 5) is 13.3. The van der Waals surface area contributed by atoms with Gasteiger partial charge in [-0.3, -0.25) is 4.79 Å². The molecule has 4 rings (SSSR count). The van der Waals surface area contributed by atoms with Crippen LogP contribution in [0.2, 0.25) is 0 Å². The molecule has 0 heterocycles. The van der Waals surface area contributed by atoms with Crippen LogP contribution in [0.3, 0.4) is 0 Å². The Bertz CT molecular complexity index is 852. The molecule has 4 aliphatic rings. The van der Waals surface area contributed by atoms with E-state index < -0.39 is 64.2 Å². The van der Waals surface area contributed by atoms with Gasteiger partial charge in [-0.2, -0.15) is 0 Å². The lowest BCUT2D eigenvalue weighted by Gasteiger charge is -2.62. The topological polar surface area (TPSA) is 138 Å². The second kappa shape index (κ2) is 8.35. The molecule has 0 spiro atoms. The Morgan fingerprint density at radius 2 is 1.74 bits per heavy atom. The average molecular weight is 481 g/mol. The monoisotopic (exact) mass is 480 g/mol. The predicted molar refractivity (Wildman–Crippen MR) is 127 cm³/mol. The summed E-state index contributed by atoms with van der Waals surface area (Å²) >= 11 is 0. The third-order valence-electron chi connectivity index (χ3n) is 10.5. The van der Waals surface area contributed by atoms with Crippen LogP contribution >= 0.6 is 0 Å². The van der Waals surface area contributed by atoms with E-state index in [4.69, 9.17) is 0 Å². The quantitative estimate of drug-likeness (QED) is 0.352. The van der Waals surface area contributed by atoms with Crippen molar-refractivity contribution in [2.24, 2.45) is 34.5 Å². The molecule has 0 aliphatic heterocycles. The Hall–Kier alpha value is -0.830. The molecule has 0 aromatic carbocycles. The molecule has 0 aromatic heterocycles. The number of hydrogen-bond acceptors (Lipinski definition) is 7. The molecule has 0 bridgehead atoms. The van der Waals surface area contributed by atoms with Crippen molar-refractivity contribution in [1.29, 1.82) is 0 Å². The van der Waals surface area contributed by atoms with Crippen molar-refractivity contribution in [3.8, 4) is 0 Å². The lowest BCUT2D eigenvalue weighted by Crippen LogP contribution is -2.66. The van der Waals surface area contributed by atoms with E-state index in [0.717, 1.165) is 6.42 Å². The van der Waals surface area contributed by atoms with Crippen molar-refractivity contribution >= 4 is 5.78 Å². The maximum Gasteiger partial charge on any atom is 0.159 e. The molecule has 3 saturated carbocycles. The first kappa shape index (κ1) is 26.2. The van der Waals surface area contributed by atoms with E-state index in [1.54, 1.807) is 6.92 Å². The predicted octanol–water partition coefficient (Wildman–Crippen LogP) is 1.71. The lowest BCUT2D eigenvalue weighted by atomic mass is 9.45. The number of allylic oxidation sites excluding steroid dienone is 1. The normalized spacial score (nSPS) is 49.1. The fourth-order valence-electron chi connectivity index (χ4n) is 8.44. The van der Waals surface area contributed by atoms with Crippen LogP contribution in [0.15, 0.2) is 11.6 Å². The van der Waals surface area contributed by atoms with Crippen LogP contribution in [0.4, 0.5) is 0 Å². The van der Waals surface area contributed by atoms with Crippen LogP contribution < -0.4 is 0 Å². The summed E-state index contributed by atoms with van der Waals surface area (Å²) in [6.45, 7) is 9.52. The Morgan fingerprint density at radius 1 is 1.09 bits per heavy atom. The minimum atomic E-state index is -1.46. The van der Waals surface area contributed by atoms with Crippen molar-refractivity contribution in [2.45, 2.75) is 115 Å². The van der Waals surface area contributed by atoms with Gasteiger partial charge in [0, 0.05) is 17.3 Å². The maximum absolute atomic E-state index is 13.3. The van der Waals surface area contributed by atoms with Crippen molar-refractivity contribution in [2.75, 3.05) is 0 Å². The molecule has 6 N–H and O–H groups in total. The Morgan fingerprint density at radius 3 is 2.35 bits per heavy atom. The summed E-state index contributed by atoms with van der Waals surface area (Å²) < 4.78 is 0. The molecule has 0 aromatic rings. The fraction of sp³-hybridized carbons (Fsp3) is 0.889. The van der Waals surface area contributed by atoms with Crippen LogP contribution in [0.1, 0.15) is 79.6 Å². The van der Waals surface area contributed by atoms with Gasteiger partial charge in [0.1, 0.15) is 0 Å². The number of aliphatic hydroxyl groups is 6. The Balaban J connectivity index is 1.73. The SMILES string of the molecule is CC(C)CC[C@@H](O)[C@](C)(O)[C@H]1CC[C@@]2(O)C3=CC(=O)[C@@H]4C[C@@H](O)[C@@H](O)C[C@]4(C)[C@@H]3[C@H](O)C[C@]12C. The molecule has 0 radical (unpaired) electrons. The smallest absolute Gasteiger partial charge is 0.159 e. The number of carbonyl (C=O) groups is 1. The highest BCUT2D eigenvalue weighted by molar-refractivity contribution is 5.95. The van der Waals surface area contributed by atoms with Crippen LogP contribution in [0.5, 0.6) is 0 Å². The number of rotatable bonds is 5. The molecule has 0 saturated heterocycles. The van der Waals surface area contributed by atoms with Crippen LogP contribution in [0, 0.1) is 34.5 Å². The van der Waals surface area contributed by atoms with Gasteiger partial charge in [0.2, 0.25) is 0 Å². The molecule has 3 fully saturated rings. The van der Waals surface area contributed by atoms with E-state index in [-0.39, 0.29) is 25.0 Å². The van der Waals surface area contributed by atoms with Crippen molar-refractivity contribution in [3.05, 3.63) is 11.6 Å². The number of hydrogen-bond donors (Lipinski definition) is 6. The number of ketones is 1. The molecule has 11 atom stereocenters. The second-order valence-electron chi connectivity index (χ2n) is 13.0. The van der Waals surface area contributed by atoms with Gasteiger partial charge in [-0.1, -0.05) is 27.7 Å². The van der Waals surface area contributed by atoms with Crippen molar-refractivity contribution in [3.63, 3.8) is 0 Å². The first-order chi connectivity index (χ1) is 15.6. The second-order valence-corrected chi connectivity index (χ2v) is 13.0. The molecule has 34 heavy (non-hydrogen) atoms. The number of aliphatic hydroxyl groups excluding tert-OH is 4. The number of fused-ring (bicyclic) bond motifs is 5. The van der Waals surface area contributed by atoms with Crippen molar-refractivity contribution < 1.29 is 35.4 Å². The molecule has 194 valence electrons. The third kappa shape index (κ3) is 3.57. The van der Waals surface area contributed by atoms with E-state index in [9.17, 15) is 35.4 Å². The molecular weight excluding hydrogens is 436 g/mol. The molecule has 7 heteroatoms. The first-order valence-corrected chi connectivity index (χ1v) is 13.0. The zero-order chi connectivity index (χ0) is 25.4. The summed E-state index contributed by atoms with van der Waals surface area (Å²) in [6.07, 6.45) is 0.195. The molecule has 0 unspecified atom stereocenters. The summed E-state index contributed by atoms with van der Waals surface area (Å²) in [7, 11) is 0. The highest BCUT2D eigenvalue weighted by Gasteiger charge is 2.71. The van der Waals surface area contributed by atoms with E-state index in [0.29, 0.717) is 30.8 Å². The van der Waals surface area contributed by atoms with Gasteiger partial charge in [-0.05, 0) is 80.8 Å². The maximum atomic E-state index is 13.3. The molecular formula is C27H44O7. The first-order valence-electron chi connectivity index (χ1n) is 13.0. The highest BCUT2D eigenvalue weighted by Crippen LogP contribution is 2.68. The molecule has 7 nitrogen and oxygen atoms in total. The zero-order valence-corrected chi connectivity index (χ0v) is 21.2. The zero-order valence-electron chi connectivity index (χ0n) is 21.2. The minimum Gasteiger partial charge on any atom is -0.392 e. The molecule has 4 aliphatic carbocycles. The molecule has 0 amide bonds. The van der Waals surface area contributed by atoms with Crippen molar-refractivity contribution in [1.82, 2.24) is 0 Å². The van der Waals surface area contributed by atoms with E-state index in [1.807, 2.05) is 13.8 Å². The largest absolute Gasteiger partial charge is 0.392 e. The van der Waals surface area contributed by atoms with Gasteiger partial charge in [0.25, 0.3) is 0 Å². The highest BCUT2D eigenvalue weighted by atomic mass is 16.3. The summed E-state index contributed by atoms with van der Waals surface area (Å²) in [5.41, 5.74) is -4.09. The van der Waals surface area contributed by atoms with E-state index in [1.165, 1.54) is 6.08 Å². The van der Waals surface area contributed by atoms with Gasteiger partial charge < -0.3 is 30.6 Å². The Labute approximate surface area is 202 Å². The fourth-order valence-corrected chi connectivity index (χ4v) is 8.44. The summed E-state index contributed by atoms with van der Waals surface area (Å²) in [6, 6.07) is 0. The third-order valence-corrected chi connectivity index (χ3v) is 10.5. The number of carbonyl (C=O) groups excluding carboxylic acids is 1. The van der Waals surface area contributed by atoms with Gasteiger partial charge in [-0.25, -0.2) is 0 Å². The standard InChI is InChI=1S/C27H44O7/c1-14(2)6-7-22(32)26(5,33)21-8-9-27(34)16-11-17(28)15-10-18(29)19(30)12-24(15,3)23(16)20(31)13-25(21,27)4/h11,14-15,18-23,29-34H,6-10,12-13H2,1-5H3/t15-,18+,19-,20+,21-,22+,23-,24-,25+,26+,27+/m0/s1. The van der Waals surface area contributed by atoms with Gasteiger partial charge >= 0.3 is 0 Å². The van der Waals surface area contributed by atoms with Gasteiger partial charge in [-0.15, -0.1) is 0 Å². The van der Waals surface area contributed by atoms with Gasteiger partial charge in [0.15, 0.2) is 5.78 Å². The summed E-state index contributed by atoms with van der Waals surface area (Å²) in [5, 5.41) is 66.9.